The van der Waals surface area contributed by atoms with Crippen LogP contribution in [0.5, 0.6) is 5.75 Å². The first kappa shape index (κ1) is 32.8. The number of amides is 2. The zero-order chi connectivity index (χ0) is 26.3. The topological polar surface area (TPSA) is 183 Å². The van der Waals surface area contributed by atoms with Crippen LogP contribution in [0.4, 0.5) is 0 Å². The molecule has 11 N–H and O–H groups in total. The fourth-order valence-electron chi connectivity index (χ4n) is 3.30. The summed E-state index contributed by atoms with van der Waals surface area (Å²) in [5, 5.41) is 14.9. The number of unbranched alkanes of at least 4 members (excludes halogenated alkanes) is 6. The van der Waals surface area contributed by atoms with Crippen molar-refractivity contribution in [1.29, 1.82) is 0 Å². The maximum atomic E-state index is 11.8. The monoisotopic (exact) mass is 494 g/mol. The first-order valence-electron chi connectivity index (χ1n) is 13.1. The van der Waals surface area contributed by atoms with Crippen LogP contribution in [0.25, 0.3) is 0 Å². The smallest absolute Gasteiger partial charge is 0.237 e. The Morgan fingerprint density at radius 1 is 0.771 bits per heavy atom. The van der Waals surface area contributed by atoms with Gasteiger partial charge in [-0.1, -0.05) is 51.2 Å². The predicted octanol–water partition coefficient (Wildman–Crippen LogP) is 1.65. The Bertz CT molecular complexity index is 657. The molecule has 0 heterocycles. The first-order chi connectivity index (χ1) is 16.8. The molecule has 2 unspecified atom stereocenters. The Labute approximate surface area is 211 Å². The molecule has 0 aliphatic carbocycles. The summed E-state index contributed by atoms with van der Waals surface area (Å²) in [4.78, 5) is 23.2. The van der Waals surface area contributed by atoms with E-state index in [1.54, 1.807) is 24.3 Å². The minimum absolute atomic E-state index is 0.0511. The summed E-state index contributed by atoms with van der Waals surface area (Å²) in [6.07, 6.45) is 10.6. The van der Waals surface area contributed by atoms with Gasteiger partial charge in [0.15, 0.2) is 0 Å². The normalized spacial score (nSPS) is 12.3. The zero-order valence-corrected chi connectivity index (χ0v) is 21.6. The van der Waals surface area contributed by atoms with E-state index in [-0.39, 0.29) is 23.6 Å². The Balaban J connectivity index is 0.000000672. The van der Waals surface area contributed by atoms with Crippen LogP contribution in [0, 0.1) is 0 Å². The van der Waals surface area contributed by atoms with Crippen molar-refractivity contribution < 1.29 is 14.7 Å². The quantitative estimate of drug-likeness (QED) is 0.151. The zero-order valence-electron chi connectivity index (χ0n) is 21.6. The second-order valence-electron chi connectivity index (χ2n) is 8.86. The summed E-state index contributed by atoms with van der Waals surface area (Å²) in [6, 6.07) is 5.85. The van der Waals surface area contributed by atoms with Crippen molar-refractivity contribution in [3.63, 3.8) is 0 Å². The second-order valence-corrected chi connectivity index (χ2v) is 8.86. The molecule has 9 nitrogen and oxygen atoms in total. The van der Waals surface area contributed by atoms with Gasteiger partial charge in [0.05, 0.1) is 12.1 Å². The number of carbonyl (C=O) groups excluding carboxylic acids is 2. The largest absolute Gasteiger partial charge is 0.508 e. The summed E-state index contributed by atoms with van der Waals surface area (Å²) in [5.74, 6) is 0.0621. The molecule has 35 heavy (non-hydrogen) atoms. The highest BCUT2D eigenvalue weighted by atomic mass is 16.3. The van der Waals surface area contributed by atoms with E-state index >= 15 is 0 Å². The maximum absolute atomic E-state index is 11.8. The summed E-state index contributed by atoms with van der Waals surface area (Å²) in [5.41, 5.74) is 23.3. The van der Waals surface area contributed by atoms with Gasteiger partial charge in [-0.05, 0) is 69.3 Å². The van der Waals surface area contributed by atoms with Crippen LogP contribution in [0.2, 0.25) is 0 Å². The maximum Gasteiger partial charge on any atom is 0.237 e. The van der Waals surface area contributed by atoms with Crippen LogP contribution >= 0.6 is 0 Å². The van der Waals surface area contributed by atoms with Crippen molar-refractivity contribution in [2.45, 2.75) is 89.6 Å². The van der Waals surface area contributed by atoms with Gasteiger partial charge in [0.1, 0.15) is 5.75 Å². The van der Waals surface area contributed by atoms with E-state index in [2.05, 4.69) is 17.6 Å². The molecule has 1 aromatic carbocycles. The lowest BCUT2D eigenvalue weighted by Gasteiger charge is -2.12. The molecule has 2 amide bonds. The molecule has 0 radical (unpaired) electrons. The summed E-state index contributed by atoms with van der Waals surface area (Å²) in [7, 11) is 0. The van der Waals surface area contributed by atoms with E-state index in [9.17, 15) is 14.7 Å². The Morgan fingerprint density at radius 3 is 1.83 bits per heavy atom. The summed E-state index contributed by atoms with van der Waals surface area (Å²) < 4.78 is 0. The fraction of sp³-hybridized carbons (Fsp3) is 0.692. The molecule has 0 saturated carbocycles. The van der Waals surface area contributed by atoms with Gasteiger partial charge in [-0.15, -0.1) is 0 Å². The summed E-state index contributed by atoms with van der Waals surface area (Å²) in [6.45, 7) is 4.93. The number of carbonyl (C=O) groups is 2. The minimum atomic E-state index is -0.532. The molecule has 2 atom stereocenters. The van der Waals surface area contributed by atoms with E-state index in [4.69, 9.17) is 22.9 Å². The van der Waals surface area contributed by atoms with Crippen LogP contribution in [0.1, 0.15) is 76.7 Å². The number of phenols is 1. The molecular weight excluding hydrogens is 444 g/mol. The SMILES string of the molecule is CCCCCCNC(=O)C(N)Cc1ccc(O)cc1.NCCCCCNC(=O)C(N)CCCCN. The van der Waals surface area contributed by atoms with Crippen molar-refractivity contribution in [3.05, 3.63) is 29.8 Å². The molecule has 9 heteroatoms. The van der Waals surface area contributed by atoms with Crippen LogP contribution in [-0.2, 0) is 16.0 Å². The molecule has 0 aliphatic heterocycles. The first-order valence-corrected chi connectivity index (χ1v) is 13.1. The van der Waals surface area contributed by atoms with E-state index in [0.29, 0.717) is 39.0 Å². The van der Waals surface area contributed by atoms with Gasteiger partial charge >= 0.3 is 0 Å². The number of nitrogens with two attached hydrogens (primary N) is 4. The Kier molecular flexibility index (Phi) is 20.9. The molecule has 0 saturated heterocycles. The predicted molar refractivity (Wildman–Crippen MR) is 144 cm³/mol. The number of benzene rings is 1. The van der Waals surface area contributed by atoms with E-state index < -0.39 is 6.04 Å². The van der Waals surface area contributed by atoms with Gasteiger partial charge in [-0.25, -0.2) is 0 Å². The molecule has 1 aromatic rings. The third-order valence-electron chi connectivity index (χ3n) is 5.54. The van der Waals surface area contributed by atoms with E-state index in [0.717, 1.165) is 50.5 Å². The molecule has 0 spiro atoms. The Morgan fingerprint density at radius 2 is 1.29 bits per heavy atom. The van der Waals surface area contributed by atoms with Crippen molar-refractivity contribution in [2.24, 2.45) is 22.9 Å². The van der Waals surface area contributed by atoms with Crippen LogP contribution in [-0.4, -0.2) is 55.2 Å². The molecule has 0 fully saturated rings. The number of rotatable bonds is 18. The average molecular weight is 495 g/mol. The molecular formula is C26H50N6O3. The van der Waals surface area contributed by atoms with Crippen molar-refractivity contribution in [2.75, 3.05) is 26.2 Å². The van der Waals surface area contributed by atoms with Crippen LogP contribution in [0.15, 0.2) is 24.3 Å². The van der Waals surface area contributed by atoms with Crippen molar-refractivity contribution >= 4 is 11.8 Å². The average Bonchev–Trinajstić information content (AvgIpc) is 2.85. The lowest BCUT2D eigenvalue weighted by Crippen LogP contribution is -2.42. The highest BCUT2D eigenvalue weighted by molar-refractivity contribution is 5.82. The Hall–Kier alpha value is -2.20. The minimum Gasteiger partial charge on any atom is -0.508 e. The van der Waals surface area contributed by atoms with Gasteiger partial charge in [0.2, 0.25) is 11.8 Å². The lowest BCUT2D eigenvalue weighted by atomic mass is 10.1. The molecule has 0 bridgehead atoms. The van der Waals surface area contributed by atoms with Crippen molar-refractivity contribution in [1.82, 2.24) is 10.6 Å². The van der Waals surface area contributed by atoms with Gasteiger partial charge in [0, 0.05) is 13.1 Å². The van der Waals surface area contributed by atoms with E-state index in [1.807, 2.05) is 0 Å². The van der Waals surface area contributed by atoms with Gasteiger partial charge in [-0.3, -0.25) is 9.59 Å². The van der Waals surface area contributed by atoms with Crippen molar-refractivity contribution in [3.8, 4) is 5.75 Å². The highest BCUT2D eigenvalue weighted by Crippen LogP contribution is 2.11. The van der Waals surface area contributed by atoms with Gasteiger partial charge < -0.3 is 38.7 Å². The molecule has 202 valence electrons. The second kappa shape index (κ2) is 22.3. The third kappa shape index (κ3) is 18.8. The van der Waals surface area contributed by atoms with Crippen LogP contribution in [0.3, 0.4) is 0 Å². The van der Waals surface area contributed by atoms with Gasteiger partial charge in [0.25, 0.3) is 0 Å². The molecule has 0 aliphatic rings. The number of aromatic hydroxyl groups is 1. The van der Waals surface area contributed by atoms with Gasteiger partial charge in [-0.2, -0.15) is 0 Å². The molecule has 1 rings (SSSR count). The highest BCUT2D eigenvalue weighted by Gasteiger charge is 2.13. The number of hydrogen-bond donors (Lipinski definition) is 7. The fourth-order valence-corrected chi connectivity index (χ4v) is 3.30. The summed E-state index contributed by atoms with van der Waals surface area (Å²) >= 11 is 0. The molecule has 0 aromatic heterocycles. The number of hydrogen-bond acceptors (Lipinski definition) is 7. The lowest BCUT2D eigenvalue weighted by molar-refractivity contribution is -0.123. The number of nitrogens with one attached hydrogen (secondary N) is 2. The third-order valence-corrected chi connectivity index (χ3v) is 5.54. The van der Waals surface area contributed by atoms with Crippen LogP contribution < -0.4 is 33.6 Å². The number of phenolic OH excluding ortho intramolecular Hbond substituents is 1. The van der Waals surface area contributed by atoms with E-state index in [1.165, 1.54) is 12.8 Å². The standard InChI is InChI=1S/C15H24N2O2.C11H26N4O/c1-2-3-4-5-10-17-15(19)14(16)11-12-6-8-13(18)9-7-12;12-7-3-1-5-9-15-11(16)10(14)6-2-4-8-13/h6-9,14,18H,2-5,10-11,16H2,1H3,(H,17,19);10H,1-9,12-14H2,(H,15,16).